The lowest BCUT2D eigenvalue weighted by Gasteiger charge is -2.32. The summed E-state index contributed by atoms with van der Waals surface area (Å²) in [6.07, 6.45) is 1.04. The van der Waals surface area contributed by atoms with Crippen LogP contribution >= 0.6 is 24.0 Å². The third-order valence-electron chi connectivity index (χ3n) is 4.51. The molecule has 3 rings (SSSR count). The molecule has 2 aliphatic heterocycles. The van der Waals surface area contributed by atoms with Gasteiger partial charge in [0.1, 0.15) is 5.75 Å². The van der Waals surface area contributed by atoms with E-state index >= 15 is 0 Å². The number of ether oxygens (including phenoxy) is 1. The molecule has 1 amide bonds. The Bertz CT molecular complexity index is 550. The van der Waals surface area contributed by atoms with Gasteiger partial charge in [-0.25, -0.2) is 0 Å². The summed E-state index contributed by atoms with van der Waals surface area (Å²) in [5.41, 5.74) is 0.591. The number of halogens is 2. The molecule has 1 aromatic carbocycles. The molecule has 1 N–H and O–H groups in total. The van der Waals surface area contributed by atoms with E-state index in [1.165, 1.54) is 0 Å². The van der Waals surface area contributed by atoms with Crippen molar-refractivity contribution >= 4 is 29.9 Å². The molecule has 23 heavy (non-hydrogen) atoms. The standard InChI is InChI=1S/C16H22ClN3O2.ClH/c1-22-15-10-12(17)2-3-14(15)16(21)20-7-4-13(11-20)19-8-5-18-6-9-19;/h2-3,10,13,18H,4-9,11H2,1H3;1H. The number of nitrogens with zero attached hydrogens (tertiary/aromatic N) is 2. The summed E-state index contributed by atoms with van der Waals surface area (Å²) < 4.78 is 5.30. The molecule has 0 aliphatic carbocycles. The molecular formula is C16H23Cl2N3O2. The van der Waals surface area contributed by atoms with Crippen LogP contribution < -0.4 is 10.1 Å². The third-order valence-corrected chi connectivity index (χ3v) is 4.75. The monoisotopic (exact) mass is 359 g/mol. The van der Waals surface area contributed by atoms with E-state index in [2.05, 4.69) is 10.2 Å². The summed E-state index contributed by atoms with van der Waals surface area (Å²) >= 11 is 5.97. The summed E-state index contributed by atoms with van der Waals surface area (Å²) in [6, 6.07) is 5.66. The highest BCUT2D eigenvalue weighted by Crippen LogP contribution is 2.26. The Morgan fingerprint density at radius 2 is 2.04 bits per heavy atom. The number of carbonyl (C=O) groups is 1. The van der Waals surface area contributed by atoms with Gasteiger partial charge < -0.3 is 15.0 Å². The highest BCUT2D eigenvalue weighted by molar-refractivity contribution is 6.30. The Balaban J connectivity index is 0.00000192. The molecule has 1 aromatic rings. The van der Waals surface area contributed by atoms with Crippen molar-refractivity contribution in [2.45, 2.75) is 12.5 Å². The summed E-state index contributed by atoms with van der Waals surface area (Å²) in [7, 11) is 1.57. The minimum Gasteiger partial charge on any atom is -0.496 e. The normalized spacial score (nSPS) is 21.8. The molecule has 0 saturated carbocycles. The van der Waals surface area contributed by atoms with Gasteiger partial charge in [0, 0.05) is 50.3 Å². The van der Waals surface area contributed by atoms with Gasteiger partial charge in [0.2, 0.25) is 0 Å². The van der Waals surface area contributed by atoms with Crippen LogP contribution in [0.4, 0.5) is 0 Å². The molecule has 2 fully saturated rings. The van der Waals surface area contributed by atoms with Crippen molar-refractivity contribution in [1.29, 1.82) is 0 Å². The first-order valence-electron chi connectivity index (χ1n) is 7.76. The number of amides is 1. The predicted octanol–water partition coefficient (Wildman–Crippen LogP) is 1.89. The van der Waals surface area contributed by atoms with Gasteiger partial charge in [-0.05, 0) is 24.6 Å². The second-order valence-electron chi connectivity index (χ2n) is 5.82. The molecule has 0 radical (unpaired) electrons. The molecule has 0 spiro atoms. The molecule has 1 atom stereocenters. The van der Waals surface area contributed by atoms with Crippen LogP contribution in [-0.2, 0) is 0 Å². The number of piperazine rings is 1. The first-order valence-corrected chi connectivity index (χ1v) is 8.14. The Kier molecular flexibility index (Phi) is 6.53. The van der Waals surface area contributed by atoms with Crippen molar-refractivity contribution in [3.63, 3.8) is 0 Å². The fraction of sp³-hybridized carbons (Fsp3) is 0.562. The van der Waals surface area contributed by atoms with Gasteiger partial charge in [0.05, 0.1) is 12.7 Å². The largest absolute Gasteiger partial charge is 0.496 e. The van der Waals surface area contributed by atoms with E-state index in [-0.39, 0.29) is 18.3 Å². The number of hydrogen-bond acceptors (Lipinski definition) is 4. The van der Waals surface area contributed by atoms with Crippen LogP contribution in [0.25, 0.3) is 0 Å². The lowest BCUT2D eigenvalue weighted by molar-refractivity contribution is 0.0770. The third kappa shape index (κ3) is 4.10. The lowest BCUT2D eigenvalue weighted by atomic mass is 10.1. The number of carbonyl (C=O) groups excluding carboxylic acids is 1. The molecule has 0 bridgehead atoms. The van der Waals surface area contributed by atoms with E-state index in [4.69, 9.17) is 16.3 Å². The van der Waals surface area contributed by atoms with Crippen molar-refractivity contribution in [1.82, 2.24) is 15.1 Å². The van der Waals surface area contributed by atoms with E-state index in [0.29, 0.717) is 22.4 Å². The fourth-order valence-electron chi connectivity index (χ4n) is 3.28. The van der Waals surface area contributed by atoms with Gasteiger partial charge in [0.15, 0.2) is 0 Å². The molecule has 2 saturated heterocycles. The van der Waals surface area contributed by atoms with Gasteiger partial charge in [-0.15, -0.1) is 12.4 Å². The molecule has 7 heteroatoms. The van der Waals surface area contributed by atoms with Gasteiger partial charge in [-0.2, -0.15) is 0 Å². The number of benzene rings is 1. The van der Waals surface area contributed by atoms with Crippen molar-refractivity contribution in [2.24, 2.45) is 0 Å². The number of rotatable bonds is 3. The second-order valence-corrected chi connectivity index (χ2v) is 6.26. The van der Waals surface area contributed by atoms with E-state index in [0.717, 1.165) is 45.7 Å². The quantitative estimate of drug-likeness (QED) is 0.894. The summed E-state index contributed by atoms with van der Waals surface area (Å²) in [4.78, 5) is 17.2. The topological polar surface area (TPSA) is 44.8 Å². The van der Waals surface area contributed by atoms with Gasteiger partial charge >= 0.3 is 0 Å². The van der Waals surface area contributed by atoms with Crippen molar-refractivity contribution < 1.29 is 9.53 Å². The van der Waals surface area contributed by atoms with Crippen LogP contribution in [0.15, 0.2) is 18.2 Å². The Morgan fingerprint density at radius 1 is 1.30 bits per heavy atom. The van der Waals surface area contributed by atoms with Crippen LogP contribution in [0.2, 0.25) is 5.02 Å². The summed E-state index contributed by atoms with van der Waals surface area (Å²) in [5, 5.41) is 3.94. The SMILES string of the molecule is COc1cc(Cl)ccc1C(=O)N1CCC(N2CCNCC2)C1.Cl. The lowest BCUT2D eigenvalue weighted by Crippen LogP contribution is -2.49. The molecule has 1 unspecified atom stereocenters. The average molecular weight is 360 g/mol. The molecule has 2 heterocycles. The van der Waals surface area contributed by atoms with Gasteiger partial charge in [-0.3, -0.25) is 9.69 Å². The number of nitrogens with one attached hydrogen (secondary N) is 1. The minimum absolute atomic E-state index is 0. The van der Waals surface area contributed by atoms with Crippen molar-refractivity contribution in [3.05, 3.63) is 28.8 Å². The maximum Gasteiger partial charge on any atom is 0.257 e. The fourth-order valence-corrected chi connectivity index (χ4v) is 3.45. The molecular weight excluding hydrogens is 337 g/mol. The van der Waals surface area contributed by atoms with Gasteiger partial charge in [-0.1, -0.05) is 11.6 Å². The second kappa shape index (κ2) is 8.20. The number of hydrogen-bond donors (Lipinski definition) is 1. The predicted molar refractivity (Wildman–Crippen MR) is 94.0 cm³/mol. The van der Waals surface area contributed by atoms with Crippen molar-refractivity contribution in [3.8, 4) is 5.75 Å². The van der Waals surface area contributed by atoms with Crippen LogP contribution in [0, 0.1) is 0 Å². The van der Waals surface area contributed by atoms with E-state index in [9.17, 15) is 4.79 Å². The van der Waals surface area contributed by atoms with Crippen molar-refractivity contribution in [2.75, 3.05) is 46.4 Å². The number of methoxy groups -OCH3 is 1. The number of likely N-dealkylation sites (tertiary alicyclic amines) is 1. The molecule has 0 aromatic heterocycles. The first-order chi connectivity index (χ1) is 10.7. The molecule has 5 nitrogen and oxygen atoms in total. The average Bonchev–Trinajstić information content (AvgIpc) is 3.05. The zero-order chi connectivity index (χ0) is 15.5. The van der Waals surface area contributed by atoms with Crippen LogP contribution in [0.3, 0.4) is 0 Å². The summed E-state index contributed by atoms with van der Waals surface area (Å²) in [6.45, 7) is 5.81. The molecule has 2 aliphatic rings. The molecule has 128 valence electrons. The minimum atomic E-state index is 0. The Labute approximate surface area is 148 Å². The highest BCUT2D eigenvalue weighted by Gasteiger charge is 2.32. The smallest absolute Gasteiger partial charge is 0.257 e. The first kappa shape index (κ1) is 18.3. The zero-order valence-electron chi connectivity index (χ0n) is 13.3. The Hall–Kier alpha value is -1.01. The van der Waals surface area contributed by atoms with Gasteiger partial charge in [0.25, 0.3) is 5.91 Å². The van der Waals surface area contributed by atoms with Crippen LogP contribution in [-0.4, -0.2) is 68.1 Å². The summed E-state index contributed by atoms with van der Waals surface area (Å²) in [5.74, 6) is 0.578. The van der Waals surface area contributed by atoms with E-state index in [1.807, 2.05) is 4.90 Å². The highest BCUT2D eigenvalue weighted by atomic mass is 35.5. The van der Waals surface area contributed by atoms with E-state index in [1.54, 1.807) is 25.3 Å². The van der Waals surface area contributed by atoms with Crippen LogP contribution in [0.5, 0.6) is 5.75 Å². The maximum absolute atomic E-state index is 12.7. The van der Waals surface area contributed by atoms with E-state index < -0.39 is 0 Å². The zero-order valence-corrected chi connectivity index (χ0v) is 14.8. The maximum atomic E-state index is 12.7. The van der Waals surface area contributed by atoms with Crippen LogP contribution in [0.1, 0.15) is 16.8 Å². The Morgan fingerprint density at radius 3 is 2.74 bits per heavy atom.